The van der Waals surface area contributed by atoms with Crippen LogP contribution in [-0.2, 0) is 0 Å². The van der Waals surface area contributed by atoms with Gasteiger partial charge in [-0.15, -0.1) is 0 Å². The molecule has 1 aliphatic rings. The first-order valence-corrected chi connectivity index (χ1v) is 4.68. The van der Waals surface area contributed by atoms with E-state index in [1.165, 1.54) is 5.57 Å². The Morgan fingerprint density at radius 1 is 1.31 bits per heavy atom. The third kappa shape index (κ3) is 4.36. The van der Waals surface area contributed by atoms with Crippen molar-refractivity contribution in [3.63, 3.8) is 0 Å². The Morgan fingerprint density at radius 2 is 1.85 bits per heavy atom. The highest BCUT2D eigenvalue weighted by Gasteiger charge is 2.00. The summed E-state index contributed by atoms with van der Waals surface area (Å²) in [5, 5.41) is 0. The number of hydrogen-bond donors (Lipinski definition) is 1. The number of hydrogen-bond acceptors (Lipinski definition) is 1. The molecular weight excluding hydrogens is 158 g/mol. The number of allylic oxidation sites excluding steroid dienone is 6. The second-order valence-corrected chi connectivity index (χ2v) is 2.78. The van der Waals surface area contributed by atoms with Gasteiger partial charge in [-0.05, 0) is 18.6 Å². The molecule has 2 N–H and O–H groups in total. The summed E-state index contributed by atoms with van der Waals surface area (Å²) in [6, 6.07) is 0. The van der Waals surface area contributed by atoms with Crippen molar-refractivity contribution in [1.82, 2.24) is 0 Å². The van der Waals surface area contributed by atoms with Gasteiger partial charge in [0.2, 0.25) is 0 Å². The highest BCUT2D eigenvalue weighted by atomic mass is 14.6. The van der Waals surface area contributed by atoms with Gasteiger partial charge >= 0.3 is 0 Å². The second kappa shape index (κ2) is 6.30. The Balaban J connectivity index is 0.000000671. The van der Waals surface area contributed by atoms with E-state index in [0.717, 1.165) is 17.7 Å². The summed E-state index contributed by atoms with van der Waals surface area (Å²) in [7, 11) is 0. The van der Waals surface area contributed by atoms with Crippen molar-refractivity contribution in [3.8, 4) is 0 Å². The van der Waals surface area contributed by atoms with Crippen LogP contribution in [0.3, 0.4) is 0 Å². The van der Waals surface area contributed by atoms with Crippen LogP contribution in [0.1, 0.15) is 27.2 Å². The van der Waals surface area contributed by atoms with Crippen molar-refractivity contribution in [2.75, 3.05) is 0 Å². The van der Waals surface area contributed by atoms with Crippen LogP contribution in [0.15, 0.2) is 47.7 Å². The molecule has 0 saturated heterocycles. The minimum Gasteiger partial charge on any atom is -0.402 e. The molecular formula is C12H19N. The van der Waals surface area contributed by atoms with Gasteiger partial charge in [-0.1, -0.05) is 44.2 Å². The van der Waals surface area contributed by atoms with Gasteiger partial charge < -0.3 is 5.73 Å². The SMILES string of the molecule is C=C(C)C1=CC=CC=C(N)C1.CC. The molecule has 0 aromatic heterocycles. The molecule has 0 heterocycles. The Labute approximate surface area is 81.3 Å². The Hall–Kier alpha value is -1.24. The molecule has 0 bridgehead atoms. The molecule has 0 atom stereocenters. The van der Waals surface area contributed by atoms with Gasteiger partial charge in [0, 0.05) is 12.1 Å². The van der Waals surface area contributed by atoms with E-state index >= 15 is 0 Å². The fourth-order valence-corrected chi connectivity index (χ4v) is 0.982. The van der Waals surface area contributed by atoms with Crippen molar-refractivity contribution in [2.24, 2.45) is 5.73 Å². The molecule has 0 spiro atoms. The Bertz CT molecular complexity index is 254. The first kappa shape index (κ1) is 11.8. The predicted molar refractivity (Wildman–Crippen MR) is 60.3 cm³/mol. The van der Waals surface area contributed by atoms with Gasteiger partial charge in [0.05, 0.1) is 0 Å². The lowest BCUT2D eigenvalue weighted by molar-refractivity contribution is 1.09. The van der Waals surface area contributed by atoms with Crippen molar-refractivity contribution in [2.45, 2.75) is 27.2 Å². The maximum atomic E-state index is 5.69. The van der Waals surface area contributed by atoms with Crippen LogP contribution in [0, 0.1) is 0 Å². The van der Waals surface area contributed by atoms with Crippen molar-refractivity contribution in [3.05, 3.63) is 47.7 Å². The van der Waals surface area contributed by atoms with E-state index in [-0.39, 0.29) is 0 Å². The Kier molecular flexibility index (Phi) is 5.69. The summed E-state index contributed by atoms with van der Waals surface area (Å²) < 4.78 is 0. The molecule has 0 saturated carbocycles. The largest absolute Gasteiger partial charge is 0.402 e. The monoisotopic (exact) mass is 177 g/mol. The van der Waals surface area contributed by atoms with Crippen LogP contribution in [0.5, 0.6) is 0 Å². The average molecular weight is 177 g/mol. The molecule has 1 heteroatoms. The van der Waals surface area contributed by atoms with Crippen LogP contribution in [0.4, 0.5) is 0 Å². The maximum absolute atomic E-state index is 5.69. The van der Waals surface area contributed by atoms with Gasteiger partial charge in [0.15, 0.2) is 0 Å². The molecule has 1 aliphatic carbocycles. The molecule has 0 radical (unpaired) electrons. The predicted octanol–water partition coefficient (Wildman–Crippen LogP) is 3.32. The zero-order chi connectivity index (χ0) is 10.3. The number of nitrogens with two attached hydrogens (primary N) is 1. The third-order valence-corrected chi connectivity index (χ3v) is 1.66. The van der Waals surface area contributed by atoms with E-state index in [1.807, 2.05) is 39.0 Å². The average Bonchev–Trinajstić information content (AvgIpc) is 2.33. The van der Waals surface area contributed by atoms with Crippen LogP contribution < -0.4 is 5.73 Å². The van der Waals surface area contributed by atoms with E-state index in [0.29, 0.717) is 0 Å². The van der Waals surface area contributed by atoms with Crippen LogP contribution in [-0.4, -0.2) is 0 Å². The zero-order valence-corrected chi connectivity index (χ0v) is 8.80. The van der Waals surface area contributed by atoms with Crippen molar-refractivity contribution in [1.29, 1.82) is 0 Å². The lowest BCUT2D eigenvalue weighted by Crippen LogP contribution is -1.97. The minimum absolute atomic E-state index is 0.822. The first-order chi connectivity index (χ1) is 6.20. The summed E-state index contributed by atoms with van der Waals surface area (Å²) in [4.78, 5) is 0. The summed E-state index contributed by atoms with van der Waals surface area (Å²) in [5.41, 5.74) is 8.89. The molecule has 0 unspecified atom stereocenters. The van der Waals surface area contributed by atoms with Gasteiger partial charge in [0.1, 0.15) is 0 Å². The fraction of sp³-hybridized carbons (Fsp3) is 0.333. The van der Waals surface area contributed by atoms with Gasteiger partial charge in [-0.25, -0.2) is 0 Å². The van der Waals surface area contributed by atoms with Gasteiger partial charge in [-0.2, -0.15) is 0 Å². The van der Waals surface area contributed by atoms with E-state index in [9.17, 15) is 0 Å². The second-order valence-electron chi connectivity index (χ2n) is 2.78. The van der Waals surface area contributed by atoms with Crippen molar-refractivity contribution >= 4 is 0 Å². The molecule has 0 aromatic rings. The van der Waals surface area contributed by atoms with Crippen LogP contribution >= 0.6 is 0 Å². The zero-order valence-electron chi connectivity index (χ0n) is 8.80. The quantitative estimate of drug-likeness (QED) is 0.653. The van der Waals surface area contributed by atoms with Gasteiger partial charge in [0.25, 0.3) is 0 Å². The van der Waals surface area contributed by atoms with E-state index in [4.69, 9.17) is 5.73 Å². The molecule has 72 valence electrons. The number of rotatable bonds is 1. The normalized spacial score (nSPS) is 14.7. The van der Waals surface area contributed by atoms with E-state index in [1.54, 1.807) is 0 Å². The summed E-state index contributed by atoms with van der Waals surface area (Å²) >= 11 is 0. The molecule has 0 aliphatic heterocycles. The van der Waals surface area contributed by atoms with Crippen LogP contribution in [0.2, 0.25) is 0 Å². The molecule has 1 nitrogen and oxygen atoms in total. The van der Waals surface area contributed by atoms with E-state index < -0.39 is 0 Å². The molecule has 0 aromatic carbocycles. The van der Waals surface area contributed by atoms with Gasteiger partial charge in [-0.3, -0.25) is 0 Å². The third-order valence-electron chi connectivity index (χ3n) is 1.66. The lowest BCUT2D eigenvalue weighted by Gasteiger charge is -2.03. The summed E-state index contributed by atoms with van der Waals surface area (Å²) in [5.74, 6) is 0. The summed E-state index contributed by atoms with van der Waals surface area (Å²) in [6.07, 6.45) is 8.74. The standard InChI is InChI=1S/C10H13N.C2H6/c1-8(2)9-5-3-4-6-10(11)7-9;1-2/h3-6H,1,7,11H2,2H3;1-2H3. The molecule has 13 heavy (non-hydrogen) atoms. The highest BCUT2D eigenvalue weighted by Crippen LogP contribution is 2.16. The topological polar surface area (TPSA) is 26.0 Å². The van der Waals surface area contributed by atoms with E-state index in [2.05, 4.69) is 12.7 Å². The highest BCUT2D eigenvalue weighted by molar-refractivity contribution is 5.37. The molecule has 0 fully saturated rings. The van der Waals surface area contributed by atoms with Crippen molar-refractivity contribution < 1.29 is 0 Å². The maximum Gasteiger partial charge on any atom is 0.0125 e. The lowest BCUT2D eigenvalue weighted by atomic mass is 10.0. The van der Waals surface area contributed by atoms with Crippen LogP contribution in [0.25, 0.3) is 0 Å². The first-order valence-electron chi connectivity index (χ1n) is 4.68. The smallest absolute Gasteiger partial charge is 0.0125 e. The Morgan fingerprint density at radius 3 is 2.38 bits per heavy atom. The molecule has 0 amide bonds. The summed E-state index contributed by atoms with van der Waals surface area (Å²) in [6.45, 7) is 9.87. The fourth-order valence-electron chi connectivity index (χ4n) is 0.982. The minimum atomic E-state index is 0.822. The molecule has 1 rings (SSSR count).